The van der Waals surface area contributed by atoms with Crippen LogP contribution in [-0.2, 0) is 4.79 Å². The summed E-state index contributed by atoms with van der Waals surface area (Å²) in [7, 11) is 0. The number of alkyl halides is 1. The van der Waals surface area contributed by atoms with Crippen molar-refractivity contribution in [3.8, 4) is 0 Å². The number of halogens is 1. The first-order valence-corrected chi connectivity index (χ1v) is 6.14. The summed E-state index contributed by atoms with van der Waals surface area (Å²) in [6.07, 6.45) is 4.70. The van der Waals surface area contributed by atoms with Gasteiger partial charge in [-0.25, -0.2) is 0 Å². The SMILES string of the molecule is CC(C(=O)N1CCCC1CCl)C1CC1. The van der Waals surface area contributed by atoms with Crippen molar-refractivity contribution >= 4 is 17.5 Å². The fourth-order valence-electron chi connectivity index (χ4n) is 2.35. The largest absolute Gasteiger partial charge is 0.338 e. The van der Waals surface area contributed by atoms with Crippen LogP contribution in [0.2, 0.25) is 0 Å². The van der Waals surface area contributed by atoms with Gasteiger partial charge in [0.1, 0.15) is 0 Å². The second-order valence-corrected chi connectivity index (χ2v) is 4.92. The quantitative estimate of drug-likeness (QED) is 0.662. The molecule has 0 radical (unpaired) electrons. The zero-order chi connectivity index (χ0) is 10.1. The monoisotopic (exact) mass is 215 g/mol. The average molecular weight is 216 g/mol. The summed E-state index contributed by atoms with van der Waals surface area (Å²) in [5, 5.41) is 0. The van der Waals surface area contributed by atoms with Gasteiger partial charge in [0.15, 0.2) is 0 Å². The summed E-state index contributed by atoms with van der Waals surface area (Å²) in [5.41, 5.74) is 0. The number of hydrogen-bond donors (Lipinski definition) is 0. The van der Waals surface area contributed by atoms with Crippen LogP contribution in [0.1, 0.15) is 32.6 Å². The highest BCUT2D eigenvalue weighted by molar-refractivity contribution is 6.18. The van der Waals surface area contributed by atoms with Crippen LogP contribution in [0.15, 0.2) is 0 Å². The van der Waals surface area contributed by atoms with E-state index in [1.165, 1.54) is 12.8 Å². The van der Waals surface area contributed by atoms with Gasteiger partial charge in [0.25, 0.3) is 0 Å². The fraction of sp³-hybridized carbons (Fsp3) is 0.909. The molecule has 0 N–H and O–H groups in total. The zero-order valence-electron chi connectivity index (χ0n) is 8.71. The van der Waals surface area contributed by atoms with Gasteiger partial charge < -0.3 is 4.90 Å². The van der Waals surface area contributed by atoms with Gasteiger partial charge in [0, 0.05) is 24.4 Å². The Bertz CT molecular complexity index is 227. The van der Waals surface area contributed by atoms with Gasteiger partial charge in [-0.2, -0.15) is 0 Å². The van der Waals surface area contributed by atoms with Crippen LogP contribution < -0.4 is 0 Å². The second-order valence-electron chi connectivity index (χ2n) is 4.61. The Kier molecular flexibility index (Phi) is 3.01. The molecule has 2 atom stereocenters. The minimum Gasteiger partial charge on any atom is -0.338 e. The molecule has 80 valence electrons. The molecule has 1 heterocycles. The second kappa shape index (κ2) is 4.09. The van der Waals surface area contributed by atoms with Crippen LogP contribution in [0.4, 0.5) is 0 Å². The lowest BCUT2D eigenvalue weighted by atomic mass is 10.0. The van der Waals surface area contributed by atoms with Gasteiger partial charge in [-0.3, -0.25) is 4.79 Å². The fourth-order valence-corrected chi connectivity index (χ4v) is 2.67. The van der Waals surface area contributed by atoms with Gasteiger partial charge in [0.2, 0.25) is 5.91 Å². The van der Waals surface area contributed by atoms with E-state index in [-0.39, 0.29) is 5.92 Å². The highest BCUT2D eigenvalue weighted by Gasteiger charge is 2.38. The van der Waals surface area contributed by atoms with E-state index in [4.69, 9.17) is 11.6 Å². The van der Waals surface area contributed by atoms with Crippen molar-refractivity contribution in [1.29, 1.82) is 0 Å². The first kappa shape index (κ1) is 10.3. The Balaban J connectivity index is 1.95. The number of likely N-dealkylation sites (tertiary alicyclic amines) is 1. The molecule has 0 aromatic heterocycles. The third-order valence-corrected chi connectivity index (χ3v) is 3.91. The third-order valence-electron chi connectivity index (χ3n) is 3.56. The first-order valence-electron chi connectivity index (χ1n) is 5.60. The molecule has 0 bridgehead atoms. The maximum absolute atomic E-state index is 12.1. The summed E-state index contributed by atoms with van der Waals surface area (Å²) in [4.78, 5) is 14.1. The van der Waals surface area contributed by atoms with Crippen LogP contribution in [0.25, 0.3) is 0 Å². The van der Waals surface area contributed by atoms with Gasteiger partial charge in [-0.05, 0) is 31.6 Å². The Morgan fingerprint density at radius 3 is 2.79 bits per heavy atom. The van der Waals surface area contributed by atoms with Crippen LogP contribution in [0.5, 0.6) is 0 Å². The van der Waals surface area contributed by atoms with Gasteiger partial charge in [-0.15, -0.1) is 11.6 Å². The molecule has 0 aromatic carbocycles. The molecule has 2 rings (SSSR count). The lowest BCUT2D eigenvalue weighted by Crippen LogP contribution is -2.40. The minimum atomic E-state index is 0.235. The van der Waals surface area contributed by atoms with Crippen LogP contribution >= 0.6 is 11.6 Å². The summed E-state index contributed by atoms with van der Waals surface area (Å²) in [6.45, 7) is 3.00. The third kappa shape index (κ3) is 1.90. The van der Waals surface area contributed by atoms with Crippen molar-refractivity contribution in [1.82, 2.24) is 4.90 Å². The number of carbonyl (C=O) groups is 1. The van der Waals surface area contributed by atoms with Gasteiger partial charge >= 0.3 is 0 Å². The van der Waals surface area contributed by atoms with Crippen LogP contribution in [0.3, 0.4) is 0 Å². The van der Waals surface area contributed by atoms with E-state index in [2.05, 4.69) is 6.92 Å². The predicted octanol–water partition coefficient (Wildman–Crippen LogP) is 2.26. The number of amides is 1. The summed E-state index contributed by atoms with van der Waals surface area (Å²) in [5.74, 6) is 1.84. The lowest BCUT2D eigenvalue weighted by molar-refractivity contribution is -0.136. The Labute approximate surface area is 90.6 Å². The predicted molar refractivity (Wildman–Crippen MR) is 57.3 cm³/mol. The van der Waals surface area contributed by atoms with Gasteiger partial charge in [-0.1, -0.05) is 6.92 Å². The standard InChI is InChI=1S/C11H18ClNO/c1-8(9-4-5-9)11(14)13-6-2-3-10(13)7-12/h8-10H,2-7H2,1H3. The van der Waals surface area contributed by atoms with Gasteiger partial charge in [0.05, 0.1) is 0 Å². The van der Waals surface area contributed by atoms with Crippen molar-refractivity contribution in [3.63, 3.8) is 0 Å². The van der Waals surface area contributed by atoms with E-state index in [0.717, 1.165) is 19.4 Å². The molecule has 1 aliphatic carbocycles. The number of rotatable bonds is 3. The van der Waals surface area contributed by atoms with Crippen LogP contribution in [-0.4, -0.2) is 29.3 Å². The van der Waals surface area contributed by atoms with Crippen molar-refractivity contribution in [2.75, 3.05) is 12.4 Å². The molecule has 14 heavy (non-hydrogen) atoms. The number of nitrogens with zero attached hydrogens (tertiary/aromatic N) is 1. The molecule has 0 aromatic rings. The molecule has 1 amide bonds. The highest BCUT2D eigenvalue weighted by atomic mass is 35.5. The number of carbonyl (C=O) groups excluding carboxylic acids is 1. The van der Waals surface area contributed by atoms with E-state index in [0.29, 0.717) is 23.7 Å². The Hall–Kier alpha value is -0.240. The highest BCUT2D eigenvalue weighted by Crippen LogP contribution is 2.38. The molecule has 1 saturated carbocycles. The lowest BCUT2D eigenvalue weighted by Gasteiger charge is -2.26. The molecular weight excluding hydrogens is 198 g/mol. The maximum atomic E-state index is 12.1. The molecular formula is C11H18ClNO. The van der Waals surface area contributed by atoms with E-state index < -0.39 is 0 Å². The first-order chi connectivity index (χ1) is 6.74. The van der Waals surface area contributed by atoms with Crippen molar-refractivity contribution < 1.29 is 4.79 Å². The molecule has 2 unspecified atom stereocenters. The molecule has 0 spiro atoms. The van der Waals surface area contributed by atoms with Crippen molar-refractivity contribution in [2.45, 2.75) is 38.6 Å². The van der Waals surface area contributed by atoms with E-state index >= 15 is 0 Å². The van der Waals surface area contributed by atoms with E-state index in [9.17, 15) is 4.79 Å². The summed E-state index contributed by atoms with van der Waals surface area (Å²) in [6, 6.07) is 0.311. The van der Waals surface area contributed by atoms with Crippen molar-refractivity contribution in [3.05, 3.63) is 0 Å². The topological polar surface area (TPSA) is 20.3 Å². The molecule has 2 aliphatic rings. The smallest absolute Gasteiger partial charge is 0.225 e. The Morgan fingerprint density at radius 2 is 2.21 bits per heavy atom. The molecule has 1 aliphatic heterocycles. The van der Waals surface area contributed by atoms with E-state index in [1.54, 1.807) is 0 Å². The summed E-state index contributed by atoms with van der Waals surface area (Å²) >= 11 is 5.85. The van der Waals surface area contributed by atoms with Crippen molar-refractivity contribution in [2.24, 2.45) is 11.8 Å². The Morgan fingerprint density at radius 1 is 1.50 bits per heavy atom. The molecule has 2 nitrogen and oxygen atoms in total. The average Bonchev–Trinajstić information content (AvgIpc) is 2.94. The molecule has 2 fully saturated rings. The molecule has 1 saturated heterocycles. The normalized spacial score (nSPS) is 29.3. The maximum Gasteiger partial charge on any atom is 0.225 e. The molecule has 3 heteroatoms. The zero-order valence-corrected chi connectivity index (χ0v) is 9.46. The van der Waals surface area contributed by atoms with Crippen LogP contribution in [0, 0.1) is 11.8 Å². The van der Waals surface area contributed by atoms with E-state index in [1.807, 2.05) is 4.90 Å². The summed E-state index contributed by atoms with van der Waals surface area (Å²) < 4.78 is 0. The number of hydrogen-bond acceptors (Lipinski definition) is 1. The minimum absolute atomic E-state index is 0.235.